The average Bonchev–Trinajstić information content (AvgIpc) is 2.08. The van der Waals surface area contributed by atoms with Crippen molar-refractivity contribution in [3.8, 4) is 0 Å². The van der Waals surface area contributed by atoms with E-state index in [1.807, 2.05) is 0 Å². The Bertz CT molecular complexity index is 146. The third-order valence-corrected chi connectivity index (χ3v) is 2.36. The second-order valence-electron chi connectivity index (χ2n) is 3.22. The molecule has 12 heavy (non-hydrogen) atoms. The van der Waals surface area contributed by atoms with E-state index < -0.39 is 30.3 Å². The molecule has 5 heteroatoms. The maximum absolute atomic E-state index is 9.24. The van der Waals surface area contributed by atoms with E-state index in [0.29, 0.717) is 0 Å². The minimum atomic E-state index is -1.37. The van der Waals surface area contributed by atoms with E-state index in [4.69, 9.17) is 20.4 Å². The van der Waals surface area contributed by atoms with Crippen LogP contribution in [0.3, 0.4) is 0 Å². The van der Waals surface area contributed by atoms with E-state index in [1.54, 1.807) is 0 Å². The summed E-state index contributed by atoms with van der Waals surface area (Å²) in [6.45, 7) is -0.304. The third kappa shape index (κ3) is 1.60. The molecular formula is C7H14O5. The predicted octanol–water partition coefficient (Wildman–Crippen LogP) is -2.56. The Kier molecular flexibility index (Phi) is 3.03. The summed E-state index contributed by atoms with van der Waals surface area (Å²) in [5.41, 5.74) is 0. The SMILES string of the molecule is OCC1C[C@@H](O)C(O)[C@@H](O)[C@@H]1O. The molecule has 0 radical (unpaired) electrons. The molecule has 5 N–H and O–H groups in total. The second kappa shape index (κ2) is 3.68. The summed E-state index contributed by atoms with van der Waals surface area (Å²) in [7, 11) is 0. The van der Waals surface area contributed by atoms with E-state index in [9.17, 15) is 5.11 Å². The van der Waals surface area contributed by atoms with Gasteiger partial charge in [0.1, 0.15) is 12.2 Å². The van der Waals surface area contributed by atoms with Crippen LogP contribution in [0, 0.1) is 5.92 Å². The Labute approximate surface area is 69.9 Å². The fourth-order valence-electron chi connectivity index (χ4n) is 1.48. The second-order valence-corrected chi connectivity index (χ2v) is 3.22. The summed E-state index contributed by atoms with van der Waals surface area (Å²) in [4.78, 5) is 0. The summed E-state index contributed by atoms with van der Waals surface area (Å²) in [5.74, 6) is -0.557. The summed E-state index contributed by atoms with van der Waals surface area (Å²) >= 11 is 0. The number of rotatable bonds is 1. The van der Waals surface area contributed by atoms with Crippen LogP contribution in [0.5, 0.6) is 0 Å². The Balaban J connectivity index is 2.63. The number of aliphatic hydroxyl groups excluding tert-OH is 5. The zero-order valence-electron chi connectivity index (χ0n) is 6.54. The van der Waals surface area contributed by atoms with E-state index in [1.165, 1.54) is 0 Å². The first-order valence-corrected chi connectivity index (χ1v) is 3.91. The summed E-state index contributed by atoms with van der Waals surface area (Å²) in [5, 5.41) is 45.3. The molecule has 5 nitrogen and oxygen atoms in total. The van der Waals surface area contributed by atoms with Gasteiger partial charge in [-0.25, -0.2) is 0 Å². The first-order chi connectivity index (χ1) is 5.57. The topological polar surface area (TPSA) is 101 Å². The Morgan fingerprint density at radius 1 is 0.917 bits per heavy atom. The molecule has 0 aromatic carbocycles. The monoisotopic (exact) mass is 178 g/mol. The molecule has 0 saturated heterocycles. The van der Waals surface area contributed by atoms with Gasteiger partial charge in [-0.3, -0.25) is 0 Å². The van der Waals surface area contributed by atoms with Gasteiger partial charge in [-0.15, -0.1) is 0 Å². The van der Waals surface area contributed by atoms with Gasteiger partial charge in [-0.1, -0.05) is 0 Å². The molecule has 1 saturated carbocycles. The molecule has 0 amide bonds. The first kappa shape index (κ1) is 9.88. The molecule has 1 fully saturated rings. The number of hydrogen-bond donors (Lipinski definition) is 5. The highest BCUT2D eigenvalue weighted by Gasteiger charge is 2.41. The van der Waals surface area contributed by atoms with Gasteiger partial charge >= 0.3 is 0 Å². The van der Waals surface area contributed by atoms with Gasteiger partial charge in [0.15, 0.2) is 0 Å². The van der Waals surface area contributed by atoms with Crippen LogP contribution in [0.25, 0.3) is 0 Å². The minimum absolute atomic E-state index is 0.107. The van der Waals surface area contributed by atoms with Gasteiger partial charge in [-0.05, 0) is 6.42 Å². The lowest BCUT2D eigenvalue weighted by atomic mass is 9.81. The molecule has 1 aliphatic carbocycles. The summed E-state index contributed by atoms with van der Waals surface area (Å²) in [6.07, 6.45) is -4.81. The smallest absolute Gasteiger partial charge is 0.109 e. The maximum Gasteiger partial charge on any atom is 0.109 e. The van der Waals surface area contributed by atoms with Crippen molar-refractivity contribution in [2.45, 2.75) is 30.8 Å². The van der Waals surface area contributed by atoms with Crippen LogP contribution in [0.15, 0.2) is 0 Å². The van der Waals surface area contributed by atoms with Crippen molar-refractivity contribution in [1.82, 2.24) is 0 Å². The quantitative estimate of drug-likeness (QED) is 0.304. The molecule has 1 rings (SSSR count). The van der Waals surface area contributed by atoms with Crippen LogP contribution in [-0.4, -0.2) is 56.6 Å². The number of aliphatic hydroxyl groups is 5. The van der Waals surface area contributed by atoms with Crippen molar-refractivity contribution in [1.29, 1.82) is 0 Å². The molecule has 0 aliphatic heterocycles. The predicted molar refractivity (Wildman–Crippen MR) is 39.2 cm³/mol. The lowest BCUT2D eigenvalue weighted by Crippen LogP contribution is -2.54. The van der Waals surface area contributed by atoms with Crippen molar-refractivity contribution in [3.63, 3.8) is 0 Å². The highest BCUT2D eigenvalue weighted by atomic mass is 16.4. The van der Waals surface area contributed by atoms with Crippen LogP contribution >= 0.6 is 0 Å². The summed E-state index contributed by atoms with van der Waals surface area (Å²) < 4.78 is 0. The van der Waals surface area contributed by atoms with Crippen LogP contribution in [-0.2, 0) is 0 Å². The minimum Gasteiger partial charge on any atom is -0.396 e. The van der Waals surface area contributed by atoms with Gasteiger partial charge < -0.3 is 25.5 Å². The van der Waals surface area contributed by atoms with Gasteiger partial charge in [-0.2, -0.15) is 0 Å². The molecular weight excluding hydrogens is 164 g/mol. The van der Waals surface area contributed by atoms with Crippen molar-refractivity contribution in [2.24, 2.45) is 5.92 Å². The molecule has 0 spiro atoms. The molecule has 2 unspecified atom stereocenters. The normalized spacial score (nSPS) is 49.2. The molecule has 0 aromatic heterocycles. The van der Waals surface area contributed by atoms with Crippen LogP contribution in [0.4, 0.5) is 0 Å². The van der Waals surface area contributed by atoms with E-state index >= 15 is 0 Å². The average molecular weight is 178 g/mol. The highest BCUT2D eigenvalue weighted by molar-refractivity contribution is 4.91. The van der Waals surface area contributed by atoms with Crippen molar-refractivity contribution >= 4 is 0 Å². The van der Waals surface area contributed by atoms with E-state index in [-0.39, 0.29) is 13.0 Å². The lowest BCUT2D eigenvalue weighted by molar-refractivity contribution is -0.163. The molecule has 5 atom stereocenters. The first-order valence-electron chi connectivity index (χ1n) is 3.91. The van der Waals surface area contributed by atoms with Gasteiger partial charge in [0.25, 0.3) is 0 Å². The Hall–Kier alpha value is -0.200. The third-order valence-electron chi connectivity index (χ3n) is 2.36. The summed E-state index contributed by atoms with van der Waals surface area (Å²) in [6, 6.07) is 0. The molecule has 72 valence electrons. The van der Waals surface area contributed by atoms with Crippen molar-refractivity contribution in [2.75, 3.05) is 6.61 Å². The Morgan fingerprint density at radius 2 is 1.50 bits per heavy atom. The van der Waals surface area contributed by atoms with E-state index in [0.717, 1.165) is 0 Å². The zero-order valence-corrected chi connectivity index (χ0v) is 6.54. The molecule has 0 bridgehead atoms. The van der Waals surface area contributed by atoms with Crippen molar-refractivity contribution < 1.29 is 25.5 Å². The Morgan fingerprint density at radius 3 is 2.00 bits per heavy atom. The number of hydrogen-bond acceptors (Lipinski definition) is 5. The van der Waals surface area contributed by atoms with Crippen LogP contribution in [0.1, 0.15) is 6.42 Å². The lowest BCUT2D eigenvalue weighted by Gasteiger charge is -2.37. The van der Waals surface area contributed by atoms with Crippen molar-refractivity contribution in [3.05, 3.63) is 0 Å². The van der Waals surface area contributed by atoms with Gasteiger partial charge in [0.2, 0.25) is 0 Å². The zero-order chi connectivity index (χ0) is 9.30. The van der Waals surface area contributed by atoms with Gasteiger partial charge in [0, 0.05) is 12.5 Å². The van der Waals surface area contributed by atoms with Gasteiger partial charge in [0.05, 0.1) is 12.2 Å². The molecule has 1 aliphatic rings. The fraction of sp³-hybridized carbons (Fsp3) is 1.00. The highest BCUT2D eigenvalue weighted by Crippen LogP contribution is 2.25. The largest absolute Gasteiger partial charge is 0.396 e. The van der Waals surface area contributed by atoms with Crippen LogP contribution < -0.4 is 0 Å². The van der Waals surface area contributed by atoms with Crippen LogP contribution in [0.2, 0.25) is 0 Å². The molecule has 0 aromatic rings. The maximum atomic E-state index is 9.24. The van der Waals surface area contributed by atoms with E-state index in [2.05, 4.69) is 0 Å². The molecule has 0 heterocycles. The standard InChI is InChI=1S/C7H14O5/c8-2-3-1-4(9)6(11)7(12)5(3)10/h3-12H,1-2H2/t3?,4-,5-,6?,7+/m1/s1. The fourth-order valence-corrected chi connectivity index (χ4v) is 1.48.